The summed E-state index contributed by atoms with van der Waals surface area (Å²) in [5, 5.41) is 3.35. The first-order chi connectivity index (χ1) is 12.8. The minimum atomic E-state index is -0.440. The lowest BCUT2D eigenvalue weighted by molar-refractivity contribution is 0.0347. The normalized spacial score (nSPS) is 15.0. The fourth-order valence-corrected chi connectivity index (χ4v) is 3.74. The lowest BCUT2D eigenvalue weighted by atomic mass is 10.1. The molecule has 140 valence electrons. The van der Waals surface area contributed by atoms with Crippen molar-refractivity contribution in [1.29, 1.82) is 0 Å². The molecule has 1 saturated heterocycles. The van der Waals surface area contributed by atoms with Crippen molar-refractivity contribution in [2.45, 2.75) is 26.3 Å². The maximum absolute atomic E-state index is 11.9. The third kappa shape index (κ3) is 5.27. The number of nitrogens with one attached hydrogen (secondary N) is 1. The average Bonchev–Trinajstić information content (AvgIpc) is 3.05. The van der Waals surface area contributed by atoms with Crippen LogP contribution in [0.4, 0.5) is 9.93 Å². The number of anilines is 1. The number of morpholine rings is 1. The van der Waals surface area contributed by atoms with Crippen molar-refractivity contribution in [2.75, 3.05) is 38.2 Å². The van der Waals surface area contributed by atoms with E-state index in [4.69, 9.17) is 9.47 Å². The van der Waals surface area contributed by atoms with E-state index in [1.165, 1.54) is 11.3 Å². The molecule has 0 aliphatic carbocycles. The monoisotopic (exact) mass is 375 g/mol. The van der Waals surface area contributed by atoms with Crippen molar-refractivity contribution in [1.82, 2.24) is 9.88 Å². The van der Waals surface area contributed by atoms with Crippen LogP contribution in [0.15, 0.2) is 30.3 Å². The van der Waals surface area contributed by atoms with E-state index in [0.717, 1.165) is 61.8 Å². The highest BCUT2D eigenvalue weighted by molar-refractivity contribution is 7.16. The van der Waals surface area contributed by atoms with Gasteiger partial charge in [0.2, 0.25) is 0 Å². The molecule has 2 aromatic rings. The van der Waals surface area contributed by atoms with E-state index in [1.807, 2.05) is 30.3 Å². The van der Waals surface area contributed by atoms with Crippen LogP contribution in [-0.4, -0.2) is 48.9 Å². The van der Waals surface area contributed by atoms with E-state index < -0.39 is 6.09 Å². The molecular formula is C19H25N3O3S. The van der Waals surface area contributed by atoms with Crippen LogP contribution in [0.25, 0.3) is 11.3 Å². The van der Waals surface area contributed by atoms with Gasteiger partial charge in [-0.05, 0) is 6.42 Å². The molecule has 2 heterocycles. The maximum atomic E-state index is 11.9. The molecule has 0 unspecified atom stereocenters. The number of amides is 1. The Morgan fingerprint density at radius 3 is 2.81 bits per heavy atom. The van der Waals surface area contributed by atoms with Crippen molar-refractivity contribution in [3.63, 3.8) is 0 Å². The Labute approximate surface area is 158 Å². The third-order valence-electron chi connectivity index (χ3n) is 4.16. The van der Waals surface area contributed by atoms with Gasteiger partial charge >= 0.3 is 6.09 Å². The number of rotatable bonds is 7. The van der Waals surface area contributed by atoms with E-state index in [2.05, 4.69) is 22.1 Å². The maximum Gasteiger partial charge on any atom is 0.413 e. The second kappa shape index (κ2) is 9.66. The SMILES string of the molecule is CCCCOC(=O)Nc1nc(-c2ccccc2)c(CN2CCOCC2)s1. The fraction of sp³-hybridized carbons (Fsp3) is 0.474. The lowest BCUT2D eigenvalue weighted by Crippen LogP contribution is -2.35. The minimum absolute atomic E-state index is 0.430. The number of ether oxygens (including phenoxy) is 2. The molecule has 1 aromatic heterocycles. The standard InChI is InChI=1S/C19H25N3O3S/c1-2-3-11-25-19(23)21-18-20-17(15-7-5-4-6-8-15)16(26-18)14-22-9-12-24-13-10-22/h4-8H,2-3,9-14H2,1H3,(H,20,21,23). The molecule has 7 heteroatoms. The number of carbonyl (C=O) groups is 1. The topological polar surface area (TPSA) is 63.7 Å². The Morgan fingerprint density at radius 1 is 1.31 bits per heavy atom. The largest absolute Gasteiger partial charge is 0.449 e. The van der Waals surface area contributed by atoms with Crippen LogP contribution in [0.1, 0.15) is 24.6 Å². The number of benzene rings is 1. The van der Waals surface area contributed by atoms with Gasteiger partial charge < -0.3 is 9.47 Å². The zero-order chi connectivity index (χ0) is 18.2. The number of carbonyl (C=O) groups excluding carboxylic acids is 1. The number of hydrogen-bond donors (Lipinski definition) is 1. The number of unbranched alkanes of at least 4 members (excludes halogenated alkanes) is 1. The van der Waals surface area contributed by atoms with E-state index >= 15 is 0 Å². The summed E-state index contributed by atoms with van der Waals surface area (Å²) in [7, 11) is 0. The molecule has 26 heavy (non-hydrogen) atoms. The van der Waals surface area contributed by atoms with E-state index in [1.54, 1.807) is 0 Å². The minimum Gasteiger partial charge on any atom is -0.449 e. The molecule has 1 aliphatic heterocycles. The molecule has 1 aliphatic rings. The van der Waals surface area contributed by atoms with Gasteiger partial charge in [-0.2, -0.15) is 0 Å². The van der Waals surface area contributed by atoms with Crippen molar-refractivity contribution in [2.24, 2.45) is 0 Å². The van der Waals surface area contributed by atoms with Crippen LogP contribution in [0.5, 0.6) is 0 Å². The van der Waals surface area contributed by atoms with E-state index in [0.29, 0.717) is 11.7 Å². The van der Waals surface area contributed by atoms with Crippen LogP contribution in [0.3, 0.4) is 0 Å². The van der Waals surface area contributed by atoms with Gasteiger partial charge in [0.05, 0.1) is 25.5 Å². The van der Waals surface area contributed by atoms with Gasteiger partial charge in [-0.25, -0.2) is 9.78 Å². The summed E-state index contributed by atoms with van der Waals surface area (Å²) in [6.07, 6.45) is 1.42. The number of thiazole rings is 1. The first-order valence-corrected chi connectivity index (χ1v) is 9.87. The Bertz CT molecular complexity index is 699. The molecule has 0 radical (unpaired) electrons. The quantitative estimate of drug-likeness (QED) is 0.742. The fourth-order valence-electron chi connectivity index (χ4n) is 2.73. The second-order valence-corrected chi connectivity index (χ2v) is 7.24. The molecule has 0 saturated carbocycles. The molecule has 1 fully saturated rings. The summed E-state index contributed by atoms with van der Waals surface area (Å²) in [5.41, 5.74) is 1.98. The summed E-state index contributed by atoms with van der Waals surface area (Å²) < 4.78 is 10.6. The first kappa shape index (κ1) is 18.8. The van der Waals surface area contributed by atoms with Crippen molar-refractivity contribution in [3.8, 4) is 11.3 Å². The number of aromatic nitrogens is 1. The smallest absolute Gasteiger partial charge is 0.413 e. The molecule has 1 amide bonds. The molecule has 0 atom stereocenters. The first-order valence-electron chi connectivity index (χ1n) is 9.05. The highest BCUT2D eigenvalue weighted by Gasteiger charge is 2.19. The molecular weight excluding hydrogens is 350 g/mol. The van der Waals surface area contributed by atoms with Gasteiger partial charge in [0.1, 0.15) is 0 Å². The van der Waals surface area contributed by atoms with E-state index in [9.17, 15) is 4.79 Å². The summed E-state index contributed by atoms with van der Waals surface area (Å²) in [6.45, 7) is 6.63. The summed E-state index contributed by atoms with van der Waals surface area (Å²) in [6, 6.07) is 10.1. The molecule has 3 rings (SSSR count). The molecule has 0 spiro atoms. The Hall–Kier alpha value is -1.96. The van der Waals surface area contributed by atoms with Gasteiger partial charge in [-0.15, -0.1) is 0 Å². The van der Waals surface area contributed by atoms with Gasteiger partial charge in [0, 0.05) is 30.1 Å². The Kier molecular flexibility index (Phi) is 6.99. The molecule has 1 N–H and O–H groups in total. The molecule has 0 bridgehead atoms. The second-order valence-electron chi connectivity index (χ2n) is 6.16. The van der Waals surface area contributed by atoms with Gasteiger partial charge in [-0.3, -0.25) is 10.2 Å². The van der Waals surface area contributed by atoms with Crippen LogP contribution < -0.4 is 5.32 Å². The Morgan fingerprint density at radius 2 is 2.08 bits per heavy atom. The number of hydrogen-bond acceptors (Lipinski definition) is 6. The third-order valence-corrected chi connectivity index (χ3v) is 5.11. The number of nitrogens with zero attached hydrogens (tertiary/aromatic N) is 2. The van der Waals surface area contributed by atoms with Crippen LogP contribution in [-0.2, 0) is 16.0 Å². The van der Waals surface area contributed by atoms with Crippen molar-refractivity contribution < 1.29 is 14.3 Å². The summed E-state index contributed by atoms with van der Waals surface area (Å²) in [4.78, 5) is 20.1. The van der Waals surface area contributed by atoms with Crippen molar-refractivity contribution in [3.05, 3.63) is 35.2 Å². The zero-order valence-corrected chi connectivity index (χ0v) is 15.9. The van der Waals surface area contributed by atoms with Crippen molar-refractivity contribution >= 4 is 22.6 Å². The molecule has 6 nitrogen and oxygen atoms in total. The average molecular weight is 375 g/mol. The summed E-state index contributed by atoms with van der Waals surface area (Å²) >= 11 is 1.51. The van der Waals surface area contributed by atoms with Crippen LogP contribution in [0, 0.1) is 0 Å². The van der Waals surface area contributed by atoms with Gasteiger partial charge in [0.25, 0.3) is 0 Å². The predicted octanol–water partition coefficient (Wildman–Crippen LogP) is 3.99. The zero-order valence-electron chi connectivity index (χ0n) is 15.1. The predicted molar refractivity (Wildman–Crippen MR) is 104 cm³/mol. The van der Waals surface area contributed by atoms with Crippen LogP contribution in [0.2, 0.25) is 0 Å². The van der Waals surface area contributed by atoms with Gasteiger partial charge in [-0.1, -0.05) is 55.0 Å². The Balaban J connectivity index is 1.75. The van der Waals surface area contributed by atoms with E-state index in [-0.39, 0.29) is 0 Å². The summed E-state index contributed by atoms with van der Waals surface area (Å²) in [5.74, 6) is 0. The highest BCUT2D eigenvalue weighted by Crippen LogP contribution is 2.32. The highest BCUT2D eigenvalue weighted by atomic mass is 32.1. The van der Waals surface area contributed by atoms with Gasteiger partial charge in [0.15, 0.2) is 5.13 Å². The molecule has 1 aromatic carbocycles. The van der Waals surface area contributed by atoms with Crippen LogP contribution >= 0.6 is 11.3 Å². The lowest BCUT2D eigenvalue weighted by Gasteiger charge is -2.26.